The highest BCUT2D eigenvalue weighted by atomic mass is 127. The third-order valence-corrected chi connectivity index (χ3v) is 6.04. The van der Waals surface area contributed by atoms with Crippen LogP contribution in [0, 0.1) is 0 Å². The number of nitrogens with one attached hydrogen (secondary N) is 2. The van der Waals surface area contributed by atoms with E-state index in [1.165, 1.54) is 50.7 Å². The van der Waals surface area contributed by atoms with E-state index in [9.17, 15) is 0 Å². The fourth-order valence-electron chi connectivity index (χ4n) is 3.90. The second-order valence-corrected chi connectivity index (χ2v) is 7.92. The number of nitrogens with zero attached hydrogens (tertiary/aromatic N) is 2. The summed E-state index contributed by atoms with van der Waals surface area (Å²) in [5, 5.41) is 7.09. The molecule has 2 aliphatic rings. The summed E-state index contributed by atoms with van der Waals surface area (Å²) in [5.41, 5.74) is 0.290. The first-order chi connectivity index (χ1) is 11.8. The predicted octanol–water partition coefficient (Wildman–Crippen LogP) is 2.95. The molecule has 2 rings (SSSR count). The highest BCUT2D eigenvalue weighted by molar-refractivity contribution is 14.0. The molecule has 2 N–H and O–H groups in total. The average Bonchev–Trinajstić information content (AvgIpc) is 2.65. The molecule has 1 saturated heterocycles. The first kappa shape index (κ1) is 23.3. The Bertz CT molecular complexity index is 372. The predicted molar refractivity (Wildman–Crippen MR) is 121 cm³/mol. The van der Waals surface area contributed by atoms with Gasteiger partial charge in [0, 0.05) is 38.8 Å². The smallest absolute Gasteiger partial charge is 0.191 e. The fourth-order valence-corrected chi connectivity index (χ4v) is 4.39. The molecule has 0 bridgehead atoms. The molecular weight excluding hydrogens is 447 g/mol. The van der Waals surface area contributed by atoms with Crippen molar-refractivity contribution < 1.29 is 4.74 Å². The molecule has 1 heterocycles. The molecule has 0 aromatic rings. The molecule has 0 atom stereocenters. The third kappa shape index (κ3) is 7.81. The summed E-state index contributed by atoms with van der Waals surface area (Å²) >= 11 is 1.92. The van der Waals surface area contributed by atoms with Crippen LogP contribution in [-0.4, -0.2) is 74.8 Å². The summed E-state index contributed by atoms with van der Waals surface area (Å²) in [6, 6.07) is 0. The molecule has 0 aromatic carbocycles. The van der Waals surface area contributed by atoms with Crippen LogP contribution in [0.2, 0.25) is 0 Å². The van der Waals surface area contributed by atoms with Crippen LogP contribution in [0.15, 0.2) is 4.99 Å². The molecule has 1 aliphatic carbocycles. The molecule has 7 heteroatoms. The largest absolute Gasteiger partial charge is 0.379 e. The summed E-state index contributed by atoms with van der Waals surface area (Å²) in [5.74, 6) is 2.20. The molecule has 0 spiro atoms. The van der Waals surface area contributed by atoms with Crippen molar-refractivity contribution in [3.05, 3.63) is 0 Å². The molecule has 0 amide bonds. The summed E-state index contributed by atoms with van der Waals surface area (Å²) in [4.78, 5) is 7.09. The van der Waals surface area contributed by atoms with Crippen LogP contribution in [-0.2, 0) is 4.74 Å². The van der Waals surface area contributed by atoms with Crippen molar-refractivity contribution in [1.29, 1.82) is 0 Å². The van der Waals surface area contributed by atoms with E-state index in [1.54, 1.807) is 0 Å². The second-order valence-electron chi connectivity index (χ2n) is 6.94. The molecule has 2 fully saturated rings. The van der Waals surface area contributed by atoms with Crippen LogP contribution in [0.25, 0.3) is 0 Å². The van der Waals surface area contributed by atoms with Crippen LogP contribution in [0.3, 0.4) is 0 Å². The molecule has 0 radical (unpaired) electrons. The maximum Gasteiger partial charge on any atom is 0.191 e. The number of hydrogen-bond acceptors (Lipinski definition) is 4. The number of rotatable bonds is 8. The number of morpholine rings is 1. The molecule has 5 nitrogen and oxygen atoms in total. The van der Waals surface area contributed by atoms with Gasteiger partial charge in [-0.05, 0) is 37.7 Å². The van der Waals surface area contributed by atoms with Crippen LogP contribution < -0.4 is 10.6 Å². The van der Waals surface area contributed by atoms with Gasteiger partial charge in [-0.3, -0.25) is 9.89 Å². The quantitative estimate of drug-likeness (QED) is 0.240. The molecule has 0 unspecified atom stereocenters. The molecular formula is C18H37IN4OS. The van der Waals surface area contributed by atoms with E-state index in [-0.39, 0.29) is 24.0 Å². The molecule has 148 valence electrons. The lowest BCUT2D eigenvalue weighted by atomic mass is 9.80. The Labute approximate surface area is 175 Å². The van der Waals surface area contributed by atoms with Crippen molar-refractivity contribution in [3.8, 4) is 0 Å². The number of thioether (sulfide) groups is 1. The number of halogens is 1. The molecule has 1 saturated carbocycles. The fraction of sp³-hybridized carbons (Fsp3) is 0.944. The summed E-state index contributed by atoms with van der Waals surface area (Å²) in [7, 11) is 1.87. The van der Waals surface area contributed by atoms with Gasteiger partial charge in [-0.15, -0.1) is 24.0 Å². The topological polar surface area (TPSA) is 48.9 Å². The van der Waals surface area contributed by atoms with Gasteiger partial charge in [-0.1, -0.05) is 19.3 Å². The lowest BCUT2D eigenvalue weighted by Crippen LogP contribution is -2.60. The molecule has 1 aliphatic heterocycles. The van der Waals surface area contributed by atoms with Gasteiger partial charge in [-0.2, -0.15) is 11.8 Å². The third-order valence-electron chi connectivity index (χ3n) is 5.34. The lowest BCUT2D eigenvalue weighted by molar-refractivity contribution is -0.0352. The first-order valence-electron chi connectivity index (χ1n) is 9.57. The first-order valence-corrected chi connectivity index (χ1v) is 11.0. The minimum atomic E-state index is 0. The standard InChI is InChI=1S/C18H36N4OS.HI/c1-19-17(20-10-6-7-15-24-2)21-16-18(8-4-3-5-9-18)22-11-13-23-14-12-22;/h3-16H2,1-2H3,(H2,19,20,21);1H. The van der Waals surface area contributed by atoms with Crippen LogP contribution in [0.1, 0.15) is 44.9 Å². The number of hydrogen-bond donors (Lipinski definition) is 2. The van der Waals surface area contributed by atoms with E-state index in [0.717, 1.165) is 45.4 Å². The van der Waals surface area contributed by atoms with Crippen molar-refractivity contribution >= 4 is 41.7 Å². The summed E-state index contributed by atoms with van der Waals surface area (Å²) in [6.45, 7) is 5.90. The van der Waals surface area contributed by atoms with E-state index in [4.69, 9.17) is 4.74 Å². The van der Waals surface area contributed by atoms with Crippen LogP contribution >= 0.6 is 35.7 Å². The minimum absolute atomic E-state index is 0. The number of ether oxygens (including phenoxy) is 1. The van der Waals surface area contributed by atoms with Crippen LogP contribution in [0.4, 0.5) is 0 Å². The molecule has 0 aromatic heterocycles. The number of guanidine groups is 1. The van der Waals surface area contributed by atoms with E-state index in [0.29, 0.717) is 5.54 Å². The van der Waals surface area contributed by atoms with Gasteiger partial charge < -0.3 is 15.4 Å². The van der Waals surface area contributed by atoms with Crippen molar-refractivity contribution in [2.24, 2.45) is 4.99 Å². The van der Waals surface area contributed by atoms with Crippen molar-refractivity contribution in [3.63, 3.8) is 0 Å². The van der Waals surface area contributed by atoms with Crippen LogP contribution in [0.5, 0.6) is 0 Å². The minimum Gasteiger partial charge on any atom is -0.379 e. The zero-order chi connectivity index (χ0) is 17.1. The van der Waals surface area contributed by atoms with E-state index in [1.807, 2.05) is 18.8 Å². The van der Waals surface area contributed by atoms with Crippen molar-refractivity contribution in [2.75, 3.05) is 58.4 Å². The Morgan fingerprint density at radius 3 is 2.48 bits per heavy atom. The highest BCUT2D eigenvalue weighted by Crippen LogP contribution is 2.33. The normalized spacial score (nSPS) is 21.4. The second kappa shape index (κ2) is 13.4. The Hall–Kier alpha value is 0.270. The monoisotopic (exact) mass is 484 g/mol. The van der Waals surface area contributed by atoms with Gasteiger partial charge in [0.2, 0.25) is 0 Å². The Balaban J connectivity index is 0.00000312. The number of aliphatic imine (C=N–C) groups is 1. The lowest BCUT2D eigenvalue weighted by Gasteiger charge is -2.48. The van der Waals surface area contributed by atoms with E-state index >= 15 is 0 Å². The summed E-state index contributed by atoms with van der Waals surface area (Å²) in [6.07, 6.45) is 11.3. The number of unbranched alkanes of at least 4 members (excludes halogenated alkanes) is 1. The van der Waals surface area contributed by atoms with Gasteiger partial charge in [0.1, 0.15) is 0 Å². The van der Waals surface area contributed by atoms with Gasteiger partial charge in [0.25, 0.3) is 0 Å². The van der Waals surface area contributed by atoms with Gasteiger partial charge in [-0.25, -0.2) is 0 Å². The Kier molecular flexibility index (Phi) is 12.5. The van der Waals surface area contributed by atoms with E-state index < -0.39 is 0 Å². The van der Waals surface area contributed by atoms with E-state index in [2.05, 4.69) is 26.8 Å². The van der Waals surface area contributed by atoms with Gasteiger partial charge >= 0.3 is 0 Å². The average molecular weight is 484 g/mol. The Morgan fingerprint density at radius 1 is 1.12 bits per heavy atom. The zero-order valence-corrected chi connectivity index (χ0v) is 19.2. The van der Waals surface area contributed by atoms with Gasteiger partial charge in [0.15, 0.2) is 5.96 Å². The maximum atomic E-state index is 5.57. The Morgan fingerprint density at radius 2 is 1.84 bits per heavy atom. The van der Waals surface area contributed by atoms with Crippen molar-refractivity contribution in [2.45, 2.75) is 50.5 Å². The van der Waals surface area contributed by atoms with Gasteiger partial charge in [0.05, 0.1) is 13.2 Å². The summed E-state index contributed by atoms with van der Waals surface area (Å²) < 4.78 is 5.57. The highest BCUT2D eigenvalue weighted by Gasteiger charge is 2.38. The SMILES string of the molecule is CN=C(NCCCCSC)NCC1(N2CCOCC2)CCCCC1.I. The zero-order valence-electron chi connectivity index (χ0n) is 16.0. The van der Waals surface area contributed by atoms with Crippen molar-refractivity contribution in [1.82, 2.24) is 15.5 Å². The maximum absolute atomic E-state index is 5.57. The molecule has 25 heavy (non-hydrogen) atoms.